The molecule has 22 nitrogen and oxygen atoms in total. The van der Waals surface area contributed by atoms with Crippen LogP contribution < -0.4 is 46.8 Å². The summed E-state index contributed by atoms with van der Waals surface area (Å²) in [6.07, 6.45) is 0. The summed E-state index contributed by atoms with van der Waals surface area (Å²) in [6, 6.07) is 19.8. The predicted molar refractivity (Wildman–Crippen MR) is 217 cm³/mol. The van der Waals surface area contributed by atoms with Crippen molar-refractivity contribution in [2.45, 2.75) is 21.6 Å². The molecule has 0 aliphatic heterocycles. The average molecular weight is 900 g/mol. The molecule has 0 saturated heterocycles. The smallest absolute Gasteiger partial charge is 0.505 e. The van der Waals surface area contributed by atoms with Crippen molar-refractivity contribution in [1.82, 2.24) is 0 Å². The van der Waals surface area contributed by atoms with Crippen molar-refractivity contribution in [3.8, 4) is 16.9 Å². The second-order valence-corrected chi connectivity index (χ2v) is 16.7. The van der Waals surface area contributed by atoms with Gasteiger partial charge >= 0.3 is 29.6 Å². The summed E-state index contributed by atoms with van der Waals surface area (Å²) in [5.41, 5.74) is 17.1. The van der Waals surface area contributed by atoms with Gasteiger partial charge in [-0.15, -0.1) is 15.3 Å². The summed E-state index contributed by atoms with van der Waals surface area (Å²) in [7, 11) is -15.1. The zero-order valence-electron chi connectivity index (χ0n) is 31.3. The zero-order valence-corrected chi connectivity index (χ0v) is 35.8. The van der Waals surface area contributed by atoms with E-state index in [9.17, 15) is 54.1 Å². The molecule has 0 spiro atoms. The first-order chi connectivity index (χ1) is 28.0. The largest absolute Gasteiger partial charge is 1.00 e. The fourth-order valence-corrected chi connectivity index (χ4v) is 7.62. The maximum Gasteiger partial charge on any atom is 1.00 e. The molecule has 0 atom stereocenters. The number of rotatable bonds is 11. The van der Waals surface area contributed by atoms with Gasteiger partial charge in [0, 0.05) is 17.8 Å². The van der Waals surface area contributed by atoms with E-state index in [4.69, 9.17) is 17.2 Å². The van der Waals surface area contributed by atoms with Crippen molar-refractivity contribution in [2.75, 3.05) is 17.2 Å². The fraction of sp³-hybridized carbons (Fsp3) is 0.0286. The number of fused-ring (bicyclic) bond motifs is 1. The molecule has 0 aliphatic rings. The zero-order chi connectivity index (χ0) is 43.9. The van der Waals surface area contributed by atoms with Gasteiger partial charge in [-0.3, -0.25) is 23.8 Å². The Morgan fingerprint density at radius 3 is 1.48 bits per heavy atom. The standard InChI is InChI=1S/C35H28N10O12S3.Na/c1-17-25(36)16-28(60(55,56)57)32(30(17)37)42-39-21-9-5-18(6-10-21)19-7-11-22(12-8-19)40-44-34-27(59(52,53)54)14-20-13-26(58(49,50)51)33(31(38)29(20)35(34)46)43-41-23-3-2-4-24(15-23)45(47)48;/h2-16,46H,36-38H2,1H3,(H,49,50,51)(H,52,53,54)(H,55,56,57);/q;+1. The van der Waals surface area contributed by atoms with E-state index in [-0.39, 0.29) is 69.4 Å². The number of non-ortho nitro benzene ring substituents is 1. The summed E-state index contributed by atoms with van der Waals surface area (Å²) in [5.74, 6) is -0.993. The van der Waals surface area contributed by atoms with Crippen molar-refractivity contribution in [1.29, 1.82) is 0 Å². The molecular weight excluding hydrogens is 872 g/mol. The Balaban J connectivity index is 0.00000704. The van der Waals surface area contributed by atoms with E-state index >= 15 is 0 Å². The minimum atomic E-state index is -5.19. The van der Waals surface area contributed by atoms with Gasteiger partial charge in [0.15, 0.2) is 5.75 Å². The monoisotopic (exact) mass is 899 g/mol. The molecule has 0 amide bonds. The third-order valence-electron chi connectivity index (χ3n) is 8.66. The minimum Gasteiger partial charge on any atom is -0.505 e. The molecule has 0 aromatic heterocycles. The number of nitrogens with two attached hydrogens (primary N) is 3. The third kappa shape index (κ3) is 9.86. The average Bonchev–Trinajstić information content (AvgIpc) is 3.18. The Hall–Kier alpha value is -6.29. The van der Waals surface area contributed by atoms with E-state index in [1.807, 2.05) is 0 Å². The number of hydrogen-bond donors (Lipinski definition) is 7. The molecule has 308 valence electrons. The second kappa shape index (κ2) is 17.4. The van der Waals surface area contributed by atoms with E-state index in [0.29, 0.717) is 22.8 Å². The van der Waals surface area contributed by atoms with Gasteiger partial charge in [0.2, 0.25) is 0 Å². The van der Waals surface area contributed by atoms with Crippen molar-refractivity contribution < 1.29 is 78.5 Å². The fourth-order valence-electron chi connectivity index (χ4n) is 5.62. The van der Waals surface area contributed by atoms with Gasteiger partial charge in [-0.1, -0.05) is 30.3 Å². The number of anilines is 3. The van der Waals surface area contributed by atoms with E-state index in [2.05, 4.69) is 30.7 Å². The summed E-state index contributed by atoms with van der Waals surface area (Å²) in [6.45, 7) is 1.55. The quantitative estimate of drug-likeness (QED) is 0.0220. The molecule has 10 N–H and O–H groups in total. The number of nitrogens with zero attached hydrogens (tertiary/aromatic N) is 7. The van der Waals surface area contributed by atoms with E-state index < -0.39 is 83.5 Å². The first-order valence-corrected chi connectivity index (χ1v) is 20.8. The van der Waals surface area contributed by atoms with Gasteiger partial charge in [0.1, 0.15) is 31.7 Å². The Labute approximate surface area is 367 Å². The number of nitro groups is 1. The summed E-state index contributed by atoms with van der Waals surface area (Å²) >= 11 is 0. The summed E-state index contributed by atoms with van der Waals surface area (Å²) in [4.78, 5) is 7.86. The number of nitro benzene ring substituents is 1. The normalized spacial score (nSPS) is 12.4. The molecule has 0 fully saturated rings. The Morgan fingerprint density at radius 2 is 1.00 bits per heavy atom. The summed E-state index contributed by atoms with van der Waals surface area (Å²) < 4.78 is 103. The molecule has 6 rings (SSSR count). The van der Waals surface area contributed by atoms with Crippen LogP contribution in [0.1, 0.15) is 5.56 Å². The van der Waals surface area contributed by atoms with Gasteiger partial charge < -0.3 is 22.3 Å². The molecule has 0 heterocycles. The molecule has 0 aliphatic carbocycles. The molecule has 61 heavy (non-hydrogen) atoms. The van der Waals surface area contributed by atoms with E-state index in [0.717, 1.165) is 24.3 Å². The maximum absolute atomic E-state index is 12.5. The minimum absolute atomic E-state index is 0. The summed E-state index contributed by atoms with van der Waals surface area (Å²) in [5, 5.41) is 45.0. The van der Waals surface area contributed by atoms with Crippen LogP contribution in [0.4, 0.5) is 56.9 Å². The van der Waals surface area contributed by atoms with Crippen LogP contribution in [0.2, 0.25) is 0 Å². The van der Waals surface area contributed by atoms with E-state index in [1.165, 1.54) is 24.3 Å². The third-order valence-corrected chi connectivity index (χ3v) is 11.3. The SMILES string of the molecule is Cc1c(N)cc(S(=O)(=O)O)c(N=Nc2ccc(-c3ccc(N=Nc4c(S(=O)(=O)O)cc5cc(S(=O)(=O)O)c(N=Nc6cccc([N+](=O)[O-])c6)c(N)c5c4O)cc3)cc2)c1N.[Na+]. The van der Waals surface area contributed by atoms with Gasteiger partial charge in [-0.05, 0) is 77.5 Å². The number of nitrogen functional groups attached to an aromatic ring is 3. The first-order valence-electron chi connectivity index (χ1n) is 16.5. The number of phenolic OH excluding ortho intramolecular Hbond substituents is 1. The number of azo groups is 3. The van der Waals surface area contributed by atoms with Crippen LogP contribution in [0.25, 0.3) is 21.9 Å². The Kier molecular flexibility index (Phi) is 13.0. The maximum atomic E-state index is 12.5. The first kappa shape index (κ1) is 45.8. The number of phenols is 1. The van der Waals surface area contributed by atoms with Crippen molar-refractivity contribution in [3.63, 3.8) is 0 Å². The molecule has 6 aromatic rings. The van der Waals surface area contributed by atoms with Gasteiger partial charge in [-0.25, -0.2) is 0 Å². The number of aromatic hydroxyl groups is 1. The van der Waals surface area contributed by atoms with Crippen LogP contribution in [0.5, 0.6) is 5.75 Å². The molecule has 0 radical (unpaired) electrons. The molecule has 0 unspecified atom stereocenters. The molecule has 0 bridgehead atoms. The molecule has 26 heteroatoms. The van der Waals surface area contributed by atoms with E-state index in [1.54, 1.807) is 43.3 Å². The van der Waals surface area contributed by atoms with Crippen LogP contribution >= 0.6 is 0 Å². The van der Waals surface area contributed by atoms with Crippen LogP contribution in [0.15, 0.2) is 136 Å². The number of benzene rings is 6. The van der Waals surface area contributed by atoms with Crippen molar-refractivity contribution >= 4 is 98.0 Å². The molecule has 6 aromatic carbocycles. The van der Waals surface area contributed by atoms with Gasteiger partial charge in [0.25, 0.3) is 36.0 Å². The predicted octanol–water partition coefficient (Wildman–Crippen LogP) is 5.17. The topological polar surface area (TPSA) is 379 Å². The van der Waals surface area contributed by atoms with Crippen LogP contribution in [-0.4, -0.2) is 48.9 Å². The van der Waals surface area contributed by atoms with Gasteiger partial charge in [0.05, 0.1) is 38.7 Å². The van der Waals surface area contributed by atoms with Crippen LogP contribution in [-0.2, 0) is 30.4 Å². The Morgan fingerprint density at radius 1 is 0.574 bits per heavy atom. The second-order valence-electron chi connectivity index (χ2n) is 12.6. The van der Waals surface area contributed by atoms with Gasteiger partial charge in [-0.2, -0.15) is 40.6 Å². The molecular formula is C35H28N10NaO12S3+. The number of hydrogen-bond acceptors (Lipinski definition) is 18. The van der Waals surface area contributed by atoms with Crippen LogP contribution in [0, 0.1) is 17.0 Å². The van der Waals surface area contributed by atoms with Crippen molar-refractivity contribution in [3.05, 3.63) is 107 Å². The van der Waals surface area contributed by atoms with Crippen LogP contribution in [0.3, 0.4) is 0 Å². The Bertz CT molecular complexity index is 3200. The molecule has 0 saturated carbocycles. The van der Waals surface area contributed by atoms with Crippen molar-refractivity contribution in [2.24, 2.45) is 30.7 Å².